The van der Waals surface area contributed by atoms with E-state index in [1.165, 1.54) is 7.11 Å². The van der Waals surface area contributed by atoms with Gasteiger partial charge in [-0.25, -0.2) is 5.48 Å². The molecule has 0 aliphatic carbocycles. The maximum Gasteiger partial charge on any atom is 0.262 e. The quantitative estimate of drug-likeness (QED) is 0.523. The summed E-state index contributed by atoms with van der Waals surface area (Å²) in [6.07, 6.45) is 0.814. The summed E-state index contributed by atoms with van der Waals surface area (Å²) < 4.78 is 5.23. The van der Waals surface area contributed by atoms with Gasteiger partial charge in [0.1, 0.15) is 5.75 Å². The second-order valence-corrected chi connectivity index (χ2v) is 6.26. The van der Waals surface area contributed by atoms with Gasteiger partial charge in [-0.15, -0.1) is 0 Å². The zero-order valence-electron chi connectivity index (χ0n) is 15.9. The van der Waals surface area contributed by atoms with Crippen LogP contribution in [0.5, 0.6) is 5.75 Å². The van der Waals surface area contributed by atoms with Gasteiger partial charge in [-0.2, -0.15) is 0 Å². The predicted octanol–water partition coefficient (Wildman–Crippen LogP) is 2.57. The SMILES string of the molecule is CONC(=O)CNC(=O)CCc1c(-c2ccc(OC)cc2)[nH]c2ccccc12. The highest BCUT2D eigenvalue weighted by Gasteiger charge is 2.15. The van der Waals surface area contributed by atoms with Crippen LogP contribution in [0.15, 0.2) is 48.5 Å². The first-order valence-corrected chi connectivity index (χ1v) is 8.95. The van der Waals surface area contributed by atoms with Crippen LogP contribution in [0.3, 0.4) is 0 Å². The highest BCUT2D eigenvalue weighted by atomic mass is 16.6. The third-order valence-electron chi connectivity index (χ3n) is 4.46. The Morgan fingerprint density at radius 3 is 2.46 bits per heavy atom. The number of aryl methyl sites for hydroxylation is 1. The highest BCUT2D eigenvalue weighted by Crippen LogP contribution is 2.32. The summed E-state index contributed by atoms with van der Waals surface area (Å²) in [4.78, 5) is 31.5. The first-order chi connectivity index (χ1) is 13.6. The van der Waals surface area contributed by atoms with E-state index in [9.17, 15) is 9.59 Å². The molecule has 3 N–H and O–H groups in total. The van der Waals surface area contributed by atoms with E-state index in [4.69, 9.17) is 4.74 Å². The molecule has 1 aromatic heterocycles. The zero-order chi connectivity index (χ0) is 19.9. The van der Waals surface area contributed by atoms with Crippen LogP contribution in [0, 0.1) is 0 Å². The first-order valence-electron chi connectivity index (χ1n) is 8.95. The van der Waals surface area contributed by atoms with Gasteiger partial charge in [0.25, 0.3) is 5.91 Å². The molecule has 0 unspecified atom stereocenters. The number of ether oxygens (including phenoxy) is 1. The largest absolute Gasteiger partial charge is 0.497 e. The van der Waals surface area contributed by atoms with Crippen LogP contribution in [0.25, 0.3) is 22.2 Å². The number of rotatable bonds is 8. The summed E-state index contributed by atoms with van der Waals surface area (Å²) in [6, 6.07) is 15.8. The summed E-state index contributed by atoms with van der Waals surface area (Å²) >= 11 is 0. The number of carbonyl (C=O) groups excluding carboxylic acids is 2. The second kappa shape index (κ2) is 9.05. The fourth-order valence-corrected chi connectivity index (χ4v) is 3.12. The van der Waals surface area contributed by atoms with Gasteiger partial charge >= 0.3 is 0 Å². The lowest BCUT2D eigenvalue weighted by Gasteiger charge is -2.08. The van der Waals surface area contributed by atoms with Crippen LogP contribution in [0.4, 0.5) is 0 Å². The van der Waals surface area contributed by atoms with E-state index in [0.717, 1.165) is 33.5 Å². The summed E-state index contributed by atoms with van der Waals surface area (Å²) in [5, 5.41) is 3.68. The lowest BCUT2D eigenvalue weighted by Crippen LogP contribution is -2.36. The summed E-state index contributed by atoms with van der Waals surface area (Å²) in [7, 11) is 2.98. The first kappa shape index (κ1) is 19.4. The van der Waals surface area contributed by atoms with Crippen molar-refractivity contribution < 1.29 is 19.2 Å². The Morgan fingerprint density at radius 1 is 1.00 bits per heavy atom. The number of benzene rings is 2. The molecule has 28 heavy (non-hydrogen) atoms. The molecule has 0 saturated carbocycles. The van der Waals surface area contributed by atoms with Crippen molar-refractivity contribution >= 4 is 22.7 Å². The molecule has 146 valence electrons. The predicted molar refractivity (Wildman–Crippen MR) is 107 cm³/mol. The standard InChI is InChI=1S/C21H23N3O4/c1-27-15-9-7-14(8-10-15)21-17(16-5-3-4-6-18(16)23-21)11-12-19(25)22-13-20(26)24-28-2/h3-10,23H,11-13H2,1-2H3,(H,22,25)(H,24,26). The lowest BCUT2D eigenvalue weighted by molar-refractivity contribution is -0.132. The van der Waals surface area contributed by atoms with Crippen LogP contribution < -0.4 is 15.5 Å². The van der Waals surface area contributed by atoms with Gasteiger partial charge < -0.3 is 15.0 Å². The molecule has 2 amide bonds. The number of amides is 2. The van der Waals surface area contributed by atoms with Crippen LogP contribution >= 0.6 is 0 Å². The summed E-state index contributed by atoms with van der Waals surface area (Å²) in [5.74, 6) is 0.189. The Bertz CT molecular complexity index is 963. The Kier molecular flexibility index (Phi) is 6.29. The smallest absolute Gasteiger partial charge is 0.262 e. The van der Waals surface area contributed by atoms with Gasteiger partial charge in [-0.1, -0.05) is 18.2 Å². The fraction of sp³-hybridized carbons (Fsp3) is 0.238. The topological polar surface area (TPSA) is 92.5 Å². The molecule has 7 heteroatoms. The minimum absolute atomic E-state index is 0.119. The van der Waals surface area contributed by atoms with Crippen molar-refractivity contribution in [2.75, 3.05) is 20.8 Å². The van der Waals surface area contributed by atoms with Crippen molar-refractivity contribution in [3.63, 3.8) is 0 Å². The second-order valence-electron chi connectivity index (χ2n) is 6.26. The van der Waals surface area contributed by atoms with E-state index < -0.39 is 5.91 Å². The number of methoxy groups -OCH3 is 1. The number of hydrogen-bond acceptors (Lipinski definition) is 4. The maximum absolute atomic E-state index is 12.2. The molecule has 0 fully saturated rings. The Balaban J connectivity index is 1.79. The van der Waals surface area contributed by atoms with E-state index in [-0.39, 0.29) is 18.9 Å². The summed E-state index contributed by atoms with van der Waals surface area (Å²) in [6.45, 7) is -0.119. The zero-order valence-corrected chi connectivity index (χ0v) is 15.9. The molecular weight excluding hydrogens is 358 g/mol. The third-order valence-corrected chi connectivity index (χ3v) is 4.46. The summed E-state index contributed by atoms with van der Waals surface area (Å²) in [5.41, 5.74) is 6.25. The van der Waals surface area contributed by atoms with Gasteiger partial charge in [-0.3, -0.25) is 14.4 Å². The molecule has 0 bridgehead atoms. The number of hydroxylamine groups is 1. The normalized spacial score (nSPS) is 10.6. The Morgan fingerprint density at radius 2 is 1.75 bits per heavy atom. The molecule has 7 nitrogen and oxygen atoms in total. The van der Waals surface area contributed by atoms with Crippen LogP contribution in [0.1, 0.15) is 12.0 Å². The van der Waals surface area contributed by atoms with Crippen molar-refractivity contribution in [1.82, 2.24) is 15.8 Å². The number of carbonyl (C=O) groups is 2. The maximum atomic E-state index is 12.2. The van der Waals surface area contributed by atoms with Crippen LogP contribution in [-0.4, -0.2) is 37.6 Å². The van der Waals surface area contributed by atoms with Crippen molar-refractivity contribution in [2.24, 2.45) is 0 Å². The van der Waals surface area contributed by atoms with Crippen molar-refractivity contribution in [3.05, 3.63) is 54.1 Å². The van der Waals surface area contributed by atoms with Crippen molar-refractivity contribution in [2.45, 2.75) is 12.8 Å². The van der Waals surface area contributed by atoms with Crippen LogP contribution in [-0.2, 0) is 20.8 Å². The Labute approximate surface area is 163 Å². The number of nitrogens with one attached hydrogen (secondary N) is 3. The Hall–Kier alpha value is -3.32. The molecule has 3 rings (SSSR count). The number of aromatic nitrogens is 1. The molecule has 0 spiro atoms. The molecule has 0 radical (unpaired) electrons. The van der Waals surface area contributed by atoms with Crippen molar-refractivity contribution in [1.29, 1.82) is 0 Å². The molecule has 0 saturated heterocycles. The van der Waals surface area contributed by atoms with Gasteiger partial charge in [0.15, 0.2) is 0 Å². The number of para-hydroxylation sites is 1. The molecule has 0 atom stereocenters. The van der Waals surface area contributed by atoms with Crippen molar-refractivity contribution in [3.8, 4) is 17.0 Å². The molecule has 1 heterocycles. The lowest BCUT2D eigenvalue weighted by atomic mass is 10.0. The van der Waals surface area contributed by atoms with Gasteiger partial charge in [-0.05, 0) is 47.9 Å². The number of H-pyrrole nitrogens is 1. The molecule has 3 aromatic rings. The molecule has 0 aliphatic heterocycles. The van der Waals surface area contributed by atoms with Gasteiger partial charge in [0, 0.05) is 23.0 Å². The highest BCUT2D eigenvalue weighted by molar-refractivity contribution is 5.91. The van der Waals surface area contributed by atoms with Gasteiger partial charge in [0.2, 0.25) is 5.91 Å². The average molecular weight is 381 g/mol. The number of hydrogen-bond donors (Lipinski definition) is 3. The molecular formula is C21H23N3O4. The fourth-order valence-electron chi connectivity index (χ4n) is 3.12. The van der Waals surface area contributed by atoms with E-state index in [0.29, 0.717) is 6.42 Å². The average Bonchev–Trinajstić information content (AvgIpc) is 3.09. The molecule has 0 aliphatic rings. The number of fused-ring (bicyclic) bond motifs is 1. The third kappa shape index (κ3) is 4.50. The van der Waals surface area contributed by atoms with E-state index >= 15 is 0 Å². The molecule has 2 aromatic carbocycles. The minimum atomic E-state index is -0.401. The van der Waals surface area contributed by atoms with E-state index in [1.54, 1.807) is 7.11 Å². The minimum Gasteiger partial charge on any atom is -0.497 e. The number of aromatic amines is 1. The van der Waals surface area contributed by atoms with E-state index in [1.807, 2.05) is 48.5 Å². The van der Waals surface area contributed by atoms with Crippen LogP contribution in [0.2, 0.25) is 0 Å². The van der Waals surface area contributed by atoms with E-state index in [2.05, 4.69) is 20.6 Å². The monoisotopic (exact) mass is 381 g/mol. The van der Waals surface area contributed by atoms with Gasteiger partial charge in [0.05, 0.1) is 20.8 Å².